The van der Waals surface area contributed by atoms with Gasteiger partial charge >= 0.3 is 11.9 Å². The number of rotatable bonds is 9. The quantitative estimate of drug-likeness (QED) is 0.135. The fourth-order valence-electron chi connectivity index (χ4n) is 7.08. The molecule has 8 bridgehead atoms. The van der Waals surface area contributed by atoms with Crippen molar-refractivity contribution < 1.29 is 19.8 Å². The zero-order chi connectivity index (χ0) is 34.3. The Bertz CT molecular complexity index is 2190. The van der Waals surface area contributed by atoms with Crippen LogP contribution in [0.3, 0.4) is 0 Å². The van der Waals surface area contributed by atoms with Crippen LogP contribution in [0.25, 0.3) is 44.3 Å². The van der Waals surface area contributed by atoms with Crippen LogP contribution >= 0.6 is 0 Å². The molecule has 0 radical (unpaired) electrons. The van der Waals surface area contributed by atoms with Gasteiger partial charge in [-0.05, 0) is 85.2 Å². The maximum atomic E-state index is 11.7. The second kappa shape index (κ2) is 13.0. The number of carboxylic acids is 2. The summed E-state index contributed by atoms with van der Waals surface area (Å²) in [7, 11) is 0. The van der Waals surface area contributed by atoms with Crippen LogP contribution < -0.4 is 0 Å². The third-order valence-electron chi connectivity index (χ3n) is 9.79. The molecule has 5 heterocycles. The van der Waals surface area contributed by atoms with Gasteiger partial charge in [-0.2, -0.15) is 0 Å². The Kier molecular flexibility index (Phi) is 8.75. The first-order valence-electron chi connectivity index (χ1n) is 16.2. The van der Waals surface area contributed by atoms with Gasteiger partial charge in [0.15, 0.2) is 0 Å². The third-order valence-corrected chi connectivity index (χ3v) is 9.79. The number of nitrogens with one attached hydrogen (secondary N) is 2. The van der Waals surface area contributed by atoms with Gasteiger partial charge in [0.1, 0.15) is 0 Å². The number of H-pyrrole nitrogens is 2. The lowest BCUT2D eigenvalue weighted by Crippen LogP contribution is -2.01. The van der Waals surface area contributed by atoms with Crippen molar-refractivity contribution in [3.8, 4) is 11.1 Å². The molecule has 0 aliphatic carbocycles. The molecule has 244 valence electrons. The van der Waals surface area contributed by atoms with E-state index in [9.17, 15) is 19.8 Å². The normalized spacial score (nSPS) is 15.8. The highest BCUT2D eigenvalue weighted by atomic mass is 16.4. The molecule has 8 nitrogen and oxygen atoms in total. The molecule has 1 aromatic carbocycles. The maximum Gasteiger partial charge on any atom is 0.303 e. The first-order chi connectivity index (χ1) is 23.0. The smallest absolute Gasteiger partial charge is 0.303 e. The van der Waals surface area contributed by atoms with Crippen LogP contribution in [0, 0.1) is 13.8 Å². The lowest BCUT2D eigenvalue weighted by atomic mass is 9.86. The summed E-state index contributed by atoms with van der Waals surface area (Å²) >= 11 is 0. The van der Waals surface area contributed by atoms with Gasteiger partial charge in [0.2, 0.25) is 0 Å². The van der Waals surface area contributed by atoms with Crippen molar-refractivity contribution in [1.82, 2.24) is 19.9 Å². The van der Waals surface area contributed by atoms with E-state index in [0.717, 1.165) is 89.4 Å². The second-order valence-corrected chi connectivity index (χ2v) is 12.6. The van der Waals surface area contributed by atoms with E-state index in [2.05, 4.69) is 48.2 Å². The Balaban J connectivity index is 1.83. The summed E-state index contributed by atoms with van der Waals surface area (Å²) in [5, 5.41) is 19.2. The van der Waals surface area contributed by atoms with Crippen molar-refractivity contribution in [2.75, 3.05) is 0 Å². The number of hydrogen-bond donors (Lipinski definition) is 4. The van der Waals surface area contributed by atoms with Gasteiger partial charge in [0.25, 0.3) is 0 Å². The van der Waals surface area contributed by atoms with Crippen molar-refractivity contribution >= 4 is 45.2 Å². The number of aromatic nitrogens is 4. The van der Waals surface area contributed by atoms with Crippen molar-refractivity contribution in [3.63, 3.8) is 0 Å². The number of benzene rings is 1. The summed E-state index contributed by atoms with van der Waals surface area (Å²) in [6.07, 6.45) is 4.41. The van der Waals surface area contributed by atoms with E-state index >= 15 is 0 Å². The highest BCUT2D eigenvalue weighted by molar-refractivity contribution is 6.00. The maximum absolute atomic E-state index is 11.7. The number of nitrogens with zero attached hydrogens (tertiary/aromatic N) is 2. The fourth-order valence-corrected chi connectivity index (χ4v) is 7.08. The SMILES string of the molecule is C=CC1=C(C)c2cc3[nH]c(cc4[nH]c(cc5nc(c(-c6ccccc6)c1n2)[C@@H](C)[C@@H]5C=C)c(C)c4CCC(=O)O)c(CCC(=O)O)c3C. The van der Waals surface area contributed by atoms with E-state index in [1.807, 2.05) is 63.3 Å². The van der Waals surface area contributed by atoms with Crippen LogP contribution in [0.15, 0.2) is 73.8 Å². The molecule has 0 fully saturated rings. The standard InChI is InChI=1S/C40H40N4O4/c1-7-26-24(6)39-38(25-12-10-9-11-13-25)40-27(8-2)21(3)32(43-40)18-30-22(4)28(14-16-36(45)46)34(41-30)20-35-29(15-17-37(47)48)23(5)31(42-35)19-33(26)44-39/h7-13,18-20,24,26,41-42H,1-2,14-17H2,3-6H3,(H,45,46)(H,47,48)/t24-,26-/m0/s1. The molecule has 4 N–H and O–H groups in total. The van der Waals surface area contributed by atoms with Crippen LogP contribution in [0.5, 0.6) is 0 Å². The molecule has 0 amide bonds. The summed E-state index contributed by atoms with van der Waals surface area (Å²) in [4.78, 5) is 41.1. The van der Waals surface area contributed by atoms with Gasteiger partial charge in [-0.15, -0.1) is 6.58 Å². The molecule has 8 heteroatoms. The molecule has 0 unspecified atom stereocenters. The third kappa shape index (κ3) is 5.79. The number of carboxylic acid groups (broad SMARTS) is 2. The number of carbonyl (C=O) groups is 2. The number of aliphatic carboxylic acids is 2. The number of fused-ring (bicyclic) bond motifs is 8. The van der Waals surface area contributed by atoms with E-state index in [1.165, 1.54) is 0 Å². The van der Waals surface area contributed by atoms with Crippen LogP contribution in [0.1, 0.15) is 83.6 Å². The van der Waals surface area contributed by atoms with Crippen LogP contribution in [0.4, 0.5) is 0 Å². The minimum absolute atomic E-state index is 0.000830. The zero-order valence-corrected chi connectivity index (χ0v) is 27.8. The molecule has 2 atom stereocenters. The average Bonchev–Trinajstić information content (AvgIpc) is 3.72. The van der Waals surface area contributed by atoms with E-state index in [1.54, 1.807) is 0 Å². The van der Waals surface area contributed by atoms with Gasteiger partial charge in [0, 0.05) is 57.9 Å². The highest BCUT2D eigenvalue weighted by Gasteiger charge is 2.32. The second-order valence-electron chi connectivity index (χ2n) is 12.6. The minimum Gasteiger partial charge on any atom is -0.481 e. The zero-order valence-electron chi connectivity index (χ0n) is 27.8. The van der Waals surface area contributed by atoms with Crippen molar-refractivity contribution in [1.29, 1.82) is 0 Å². The van der Waals surface area contributed by atoms with Crippen molar-refractivity contribution in [2.24, 2.45) is 0 Å². The molecule has 4 aromatic rings. The van der Waals surface area contributed by atoms with Crippen molar-refractivity contribution in [3.05, 3.63) is 119 Å². The van der Waals surface area contributed by atoms with E-state index in [0.29, 0.717) is 12.8 Å². The molecule has 3 aromatic heterocycles. The predicted octanol–water partition coefficient (Wildman–Crippen LogP) is 8.82. The first-order valence-corrected chi connectivity index (χ1v) is 16.2. The molecule has 2 aliphatic heterocycles. The molecular formula is C40H40N4O4. The molecule has 6 rings (SSSR count). The molecule has 48 heavy (non-hydrogen) atoms. The van der Waals surface area contributed by atoms with Crippen LogP contribution in [0.2, 0.25) is 0 Å². The first kappa shape index (κ1) is 32.4. The Hall–Kier alpha value is -5.50. The largest absolute Gasteiger partial charge is 0.481 e. The summed E-state index contributed by atoms with van der Waals surface area (Å²) in [5.74, 6) is -1.83. The van der Waals surface area contributed by atoms with E-state index in [4.69, 9.17) is 9.97 Å². The lowest BCUT2D eigenvalue weighted by molar-refractivity contribution is -0.138. The number of aryl methyl sites for hydroxylation is 4. The number of allylic oxidation sites excluding steroid dienone is 4. The van der Waals surface area contributed by atoms with Gasteiger partial charge in [0.05, 0.1) is 22.8 Å². The highest BCUT2D eigenvalue weighted by Crippen LogP contribution is 2.45. The summed E-state index contributed by atoms with van der Waals surface area (Å²) in [5.41, 5.74) is 14.1. The Morgan fingerprint density at radius 2 is 1.42 bits per heavy atom. The Morgan fingerprint density at radius 3 is 1.96 bits per heavy atom. The number of aromatic amines is 2. The van der Waals surface area contributed by atoms with Gasteiger partial charge < -0.3 is 20.2 Å². The monoisotopic (exact) mass is 640 g/mol. The Morgan fingerprint density at radius 1 is 0.833 bits per heavy atom. The molecule has 0 spiro atoms. The van der Waals surface area contributed by atoms with E-state index < -0.39 is 11.9 Å². The lowest BCUT2D eigenvalue weighted by Gasteiger charge is -2.15. The van der Waals surface area contributed by atoms with Gasteiger partial charge in [-0.1, -0.05) is 56.0 Å². The Labute approximate surface area is 279 Å². The molecule has 0 saturated heterocycles. The van der Waals surface area contributed by atoms with Gasteiger partial charge in [-0.25, -0.2) is 4.98 Å². The number of hydrogen-bond acceptors (Lipinski definition) is 4. The average molecular weight is 641 g/mol. The summed E-state index contributed by atoms with van der Waals surface area (Å²) < 4.78 is 0. The molecule has 2 aliphatic rings. The minimum atomic E-state index is -0.877. The fraction of sp³-hybridized carbons (Fsp3) is 0.250. The topological polar surface area (TPSA) is 132 Å². The predicted molar refractivity (Wildman–Crippen MR) is 192 cm³/mol. The van der Waals surface area contributed by atoms with Crippen LogP contribution in [-0.4, -0.2) is 42.1 Å². The van der Waals surface area contributed by atoms with Crippen molar-refractivity contribution in [2.45, 2.75) is 65.2 Å². The summed E-state index contributed by atoms with van der Waals surface area (Å²) in [6, 6.07) is 16.2. The van der Waals surface area contributed by atoms with Gasteiger partial charge in [-0.3, -0.25) is 14.6 Å². The summed E-state index contributed by atoms with van der Waals surface area (Å²) in [6.45, 7) is 16.6. The molecular weight excluding hydrogens is 600 g/mol. The molecule has 0 saturated carbocycles. The van der Waals surface area contributed by atoms with Crippen LogP contribution in [-0.2, 0) is 22.4 Å². The van der Waals surface area contributed by atoms with E-state index in [-0.39, 0.29) is 24.7 Å².